The van der Waals surface area contributed by atoms with E-state index in [0.29, 0.717) is 0 Å². The second-order valence-electron chi connectivity index (χ2n) is 3.01. The topological polar surface area (TPSA) is 110 Å². The van der Waals surface area contributed by atoms with Crippen LogP contribution in [0.4, 0.5) is 0 Å². The molecule has 2 aromatic rings. The van der Waals surface area contributed by atoms with Gasteiger partial charge >= 0.3 is 5.97 Å². The lowest BCUT2D eigenvalue weighted by molar-refractivity contribution is 0.0691. The summed E-state index contributed by atoms with van der Waals surface area (Å²) < 4.78 is 1.20. The number of pyridine rings is 1. The molecule has 0 aliphatic rings. The molecule has 0 atom stereocenters. The fourth-order valence-electron chi connectivity index (χ4n) is 1.19. The molecule has 17 heavy (non-hydrogen) atoms. The molecule has 0 saturated carbocycles. The molecule has 0 bridgehead atoms. The fourth-order valence-corrected chi connectivity index (χ4v) is 1.19. The zero-order chi connectivity index (χ0) is 12.3. The van der Waals surface area contributed by atoms with E-state index in [0.717, 1.165) is 0 Å². The molecule has 86 valence electrons. The number of nitrogens with zero attached hydrogens (tertiary/aromatic N) is 4. The summed E-state index contributed by atoms with van der Waals surface area (Å²) in [5.41, 5.74) is 2.02. The Labute approximate surface area is 94.9 Å². The molecule has 0 spiro atoms. The normalized spacial score (nSPS) is 9.88. The summed E-state index contributed by atoms with van der Waals surface area (Å²) in [5, 5.41) is 15.9. The van der Waals surface area contributed by atoms with Crippen molar-refractivity contribution in [2.45, 2.75) is 0 Å². The monoisotopic (exact) mass is 233 g/mol. The van der Waals surface area contributed by atoms with Gasteiger partial charge in [-0.25, -0.2) is 9.47 Å². The number of nitrogens with one attached hydrogen (secondary N) is 1. The van der Waals surface area contributed by atoms with E-state index >= 15 is 0 Å². The van der Waals surface area contributed by atoms with Crippen LogP contribution >= 0.6 is 0 Å². The van der Waals surface area contributed by atoms with Crippen LogP contribution in [-0.2, 0) is 0 Å². The molecule has 0 aliphatic heterocycles. The van der Waals surface area contributed by atoms with Gasteiger partial charge in [0.2, 0.25) is 0 Å². The third-order valence-corrected chi connectivity index (χ3v) is 1.90. The van der Waals surface area contributed by atoms with E-state index < -0.39 is 11.9 Å². The Morgan fingerprint density at radius 3 is 2.65 bits per heavy atom. The average Bonchev–Trinajstić information content (AvgIpc) is 2.81. The van der Waals surface area contributed by atoms with Gasteiger partial charge in [0.15, 0.2) is 0 Å². The van der Waals surface area contributed by atoms with Crippen LogP contribution in [0.25, 0.3) is 0 Å². The summed E-state index contributed by atoms with van der Waals surface area (Å²) in [7, 11) is 0. The van der Waals surface area contributed by atoms with Gasteiger partial charge in [-0.05, 0) is 12.1 Å². The minimum atomic E-state index is -1.22. The van der Waals surface area contributed by atoms with Crippen LogP contribution in [0, 0.1) is 0 Å². The molecule has 0 unspecified atom stereocenters. The molecule has 0 fully saturated rings. The molecule has 2 aromatic heterocycles. The van der Waals surface area contributed by atoms with Gasteiger partial charge in [-0.3, -0.25) is 15.2 Å². The largest absolute Gasteiger partial charge is 0.478 e. The zero-order valence-corrected chi connectivity index (χ0v) is 8.44. The molecular formula is C9H7N5O3. The lowest BCUT2D eigenvalue weighted by atomic mass is 10.2. The summed E-state index contributed by atoms with van der Waals surface area (Å²) in [6, 6.07) is 2.75. The summed E-state index contributed by atoms with van der Waals surface area (Å²) in [6.07, 6.45) is 3.87. The van der Waals surface area contributed by atoms with Gasteiger partial charge in [0, 0.05) is 6.20 Å². The van der Waals surface area contributed by atoms with Crippen LogP contribution in [0.3, 0.4) is 0 Å². The second kappa shape index (κ2) is 4.39. The van der Waals surface area contributed by atoms with Crippen molar-refractivity contribution in [1.29, 1.82) is 0 Å². The lowest BCUT2D eigenvalue weighted by Gasteiger charge is -2.05. The Morgan fingerprint density at radius 2 is 2.00 bits per heavy atom. The number of carbonyl (C=O) groups excluding carboxylic acids is 1. The van der Waals surface area contributed by atoms with E-state index in [1.807, 2.05) is 0 Å². The predicted octanol–water partition coefficient (Wildman–Crippen LogP) is -0.245. The van der Waals surface area contributed by atoms with Crippen molar-refractivity contribution < 1.29 is 14.7 Å². The van der Waals surface area contributed by atoms with Gasteiger partial charge in [0.05, 0.1) is 5.56 Å². The van der Waals surface area contributed by atoms with Gasteiger partial charge in [-0.1, -0.05) is 0 Å². The smallest absolute Gasteiger partial charge is 0.338 e. The van der Waals surface area contributed by atoms with Gasteiger partial charge in [0.1, 0.15) is 18.3 Å². The maximum Gasteiger partial charge on any atom is 0.338 e. The fraction of sp³-hybridized carbons (Fsp3) is 0. The molecule has 1 amide bonds. The summed E-state index contributed by atoms with van der Waals surface area (Å²) in [6.45, 7) is 0. The Bertz CT molecular complexity index is 552. The molecule has 0 saturated heterocycles. The molecule has 2 N–H and O–H groups in total. The number of amides is 1. The summed E-state index contributed by atoms with van der Waals surface area (Å²) in [4.78, 5) is 26.3. The Kier molecular flexibility index (Phi) is 2.77. The van der Waals surface area contributed by atoms with Crippen molar-refractivity contribution in [2.24, 2.45) is 0 Å². The molecule has 0 radical (unpaired) electrons. The van der Waals surface area contributed by atoms with Crippen molar-refractivity contribution >= 4 is 11.9 Å². The van der Waals surface area contributed by atoms with E-state index in [1.165, 1.54) is 35.7 Å². The Balaban J connectivity index is 2.28. The first-order chi connectivity index (χ1) is 8.18. The van der Waals surface area contributed by atoms with Crippen LogP contribution < -0.4 is 5.43 Å². The third kappa shape index (κ3) is 2.25. The van der Waals surface area contributed by atoms with Crippen LogP contribution in [-0.4, -0.2) is 36.8 Å². The van der Waals surface area contributed by atoms with Crippen molar-refractivity contribution in [2.75, 3.05) is 5.43 Å². The van der Waals surface area contributed by atoms with Gasteiger partial charge in [-0.15, -0.1) is 10.2 Å². The van der Waals surface area contributed by atoms with E-state index in [4.69, 9.17) is 5.11 Å². The van der Waals surface area contributed by atoms with Crippen molar-refractivity contribution in [3.05, 3.63) is 42.2 Å². The van der Waals surface area contributed by atoms with E-state index in [-0.39, 0.29) is 11.3 Å². The number of rotatable bonds is 3. The standard InChI is InChI=1S/C9H7N5O3/c15-8(13-14-4-11-12-5-14)7-6(9(16)17)2-1-3-10-7/h1-5H,(H,13,15)(H,16,17). The lowest BCUT2D eigenvalue weighted by Crippen LogP contribution is -2.24. The first-order valence-electron chi connectivity index (χ1n) is 4.53. The molecule has 2 rings (SSSR count). The number of carboxylic acid groups (broad SMARTS) is 1. The highest BCUT2D eigenvalue weighted by Gasteiger charge is 2.17. The molecule has 8 nitrogen and oxygen atoms in total. The maximum atomic E-state index is 11.7. The number of aromatic carboxylic acids is 1. The summed E-state index contributed by atoms with van der Waals surface area (Å²) in [5.74, 6) is -1.87. The van der Waals surface area contributed by atoms with Gasteiger partial charge in [0.25, 0.3) is 5.91 Å². The quantitative estimate of drug-likeness (QED) is 0.756. The van der Waals surface area contributed by atoms with Gasteiger partial charge in [-0.2, -0.15) is 0 Å². The van der Waals surface area contributed by atoms with Crippen LogP contribution in [0.15, 0.2) is 31.0 Å². The van der Waals surface area contributed by atoms with E-state index in [1.54, 1.807) is 0 Å². The van der Waals surface area contributed by atoms with E-state index in [9.17, 15) is 9.59 Å². The first kappa shape index (κ1) is 10.7. The molecule has 0 aliphatic carbocycles. The predicted molar refractivity (Wildman–Crippen MR) is 54.9 cm³/mol. The average molecular weight is 233 g/mol. The number of hydrogen-bond acceptors (Lipinski definition) is 5. The highest BCUT2D eigenvalue weighted by Crippen LogP contribution is 2.05. The SMILES string of the molecule is O=C(O)c1cccnc1C(=O)Nn1cnnc1. The molecule has 0 aromatic carbocycles. The van der Waals surface area contributed by atoms with Crippen molar-refractivity contribution in [3.63, 3.8) is 0 Å². The van der Waals surface area contributed by atoms with Crippen LogP contribution in [0.1, 0.15) is 20.8 Å². The minimum Gasteiger partial charge on any atom is -0.478 e. The minimum absolute atomic E-state index is 0.168. The number of aromatic nitrogens is 4. The first-order valence-corrected chi connectivity index (χ1v) is 4.53. The molecule has 2 heterocycles. The van der Waals surface area contributed by atoms with Crippen LogP contribution in [0.5, 0.6) is 0 Å². The zero-order valence-electron chi connectivity index (χ0n) is 8.44. The third-order valence-electron chi connectivity index (χ3n) is 1.90. The highest BCUT2D eigenvalue weighted by atomic mass is 16.4. The highest BCUT2D eigenvalue weighted by molar-refractivity contribution is 6.06. The number of carbonyl (C=O) groups is 2. The number of hydrogen-bond donors (Lipinski definition) is 2. The van der Waals surface area contributed by atoms with Crippen molar-refractivity contribution in [1.82, 2.24) is 19.9 Å². The summed E-state index contributed by atoms with van der Waals surface area (Å²) >= 11 is 0. The number of carboxylic acids is 1. The van der Waals surface area contributed by atoms with E-state index in [2.05, 4.69) is 20.6 Å². The van der Waals surface area contributed by atoms with Crippen molar-refractivity contribution in [3.8, 4) is 0 Å². The Hall–Kier alpha value is -2.77. The Morgan fingerprint density at radius 1 is 1.29 bits per heavy atom. The van der Waals surface area contributed by atoms with Crippen LogP contribution in [0.2, 0.25) is 0 Å². The van der Waals surface area contributed by atoms with Gasteiger partial charge < -0.3 is 5.11 Å². The molecular weight excluding hydrogens is 226 g/mol. The molecule has 8 heteroatoms. The maximum absolute atomic E-state index is 11.7. The second-order valence-corrected chi connectivity index (χ2v) is 3.01.